The number of methoxy groups -OCH3 is 1. The summed E-state index contributed by atoms with van der Waals surface area (Å²) in [5.74, 6) is 0.905. The first-order chi connectivity index (χ1) is 9.67. The minimum Gasteiger partial charge on any atom is -0.496 e. The van der Waals surface area contributed by atoms with Crippen LogP contribution < -0.4 is 4.74 Å². The lowest BCUT2D eigenvalue weighted by molar-refractivity contribution is 0.0540. The molecule has 0 spiro atoms. The number of nitrogens with zero attached hydrogens (tertiary/aromatic N) is 2. The summed E-state index contributed by atoms with van der Waals surface area (Å²) < 4.78 is 6.35. The van der Waals surface area contributed by atoms with Gasteiger partial charge in [-0.05, 0) is 59.9 Å². The number of ether oxygens (including phenoxy) is 1. The first-order valence-electron chi connectivity index (χ1n) is 7.48. The molecule has 2 aliphatic rings. The van der Waals surface area contributed by atoms with E-state index in [1.807, 2.05) is 0 Å². The molecular weight excluding hydrogens is 316 g/mol. The third kappa shape index (κ3) is 2.87. The molecule has 0 aromatic heterocycles. The summed E-state index contributed by atoms with van der Waals surface area (Å²) in [6.07, 6.45) is 2.74. The van der Waals surface area contributed by atoms with E-state index in [2.05, 4.69) is 50.9 Å². The number of hydrogen-bond donors (Lipinski definition) is 0. The standard InChI is InChI=1S/C16H23BrN2O/c1-12-9-18-7-3-4-14(18)11-19(12)10-13-5-6-16(20-2)15(17)8-13/h5-6,8,12,14H,3-4,7,9-11H2,1-2H3/t12-,14?/m0/s1. The number of halogens is 1. The van der Waals surface area contributed by atoms with Crippen LogP contribution in [0.15, 0.2) is 22.7 Å². The van der Waals surface area contributed by atoms with E-state index in [1.54, 1.807) is 7.11 Å². The summed E-state index contributed by atoms with van der Waals surface area (Å²) in [6, 6.07) is 7.85. The Bertz CT molecular complexity index is 480. The lowest BCUT2D eigenvalue weighted by Crippen LogP contribution is -2.54. The normalized spacial score (nSPS) is 27.6. The number of hydrogen-bond acceptors (Lipinski definition) is 3. The maximum absolute atomic E-state index is 5.30. The predicted octanol–water partition coefficient (Wildman–Crippen LogP) is 3.13. The van der Waals surface area contributed by atoms with Crippen LogP contribution in [0.3, 0.4) is 0 Å². The lowest BCUT2D eigenvalue weighted by atomic mass is 10.1. The second kappa shape index (κ2) is 6.04. The molecular formula is C16H23BrN2O. The Hall–Kier alpha value is -0.580. The van der Waals surface area contributed by atoms with Gasteiger partial charge >= 0.3 is 0 Å². The molecule has 1 unspecified atom stereocenters. The monoisotopic (exact) mass is 338 g/mol. The molecule has 1 aromatic rings. The molecule has 4 heteroatoms. The van der Waals surface area contributed by atoms with Crippen molar-refractivity contribution >= 4 is 15.9 Å². The summed E-state index contributed by atoms with van der Waals surface area (Å²) in [5.41, 5.74) is 1.36. The smallest absolute Gasteiger partial charge is 0.133 e. The minimum absolute atomic E-state index is 0.644. The van der Waals surface area contributed by atoms with Crippen molar-refractivity contribution in [3.63, 3.8) is 0 Å². The van der Waals surface area contributed by atoms with Crippen LogP contribution in [0.1, 0.15) is 25.3 Å². The van der Waals surface area contributed by atoms with Gasteiger partial charge in [-0.15, -0.1) is 0 Å². The van der Waals surface area contributed by atoms with Crippen molar-refractivity contribution in [1.29, 1.82) is 0 Å². The molecule has 1 aromatic carbocycles. The topological polar surface area (TPSA) is 15.7 Å². The van der Waals surface area contributed by atoms with E-state index >= 15 is 0 Å². The van der Waals surface area contributed by atoms with E-state index in [1.165, 1.54) is 38.0 Å². The van der Waals surface area contributed by atoms with Gasteiger partial charge in [0.25, 0.3) is 0 Å². The zero-order chi connectivity index (χ0) is 14.1. The van der Waals surface area contributed by atoms with Gasteiger partial charge in [0.05, 0.1) is 11.6 Å². The maximum atomic E-state index is 5.30. The first kappa shape index (κ1) is 14.4. The molecule has 3 nitrogen and oxygen atoms in total. The van der Waals surface area contributed by atoms with Crippen molar-refractivity contribution in [2.75, 3.05) is 26.7 Å². The number of fused-ring (bicyclic) bond motifs is 1. The van der Waals surface area contributed by atoms with Gasteiger partial charge in [0, 0.05) is 31.7 Å². The Balaban J connectivity index is 1.69. The molecule has 2 fully saturated rings. The molecule has 3 rings (SSSR count). The van der Waals surface area contributed by atoms with Gasteiger partial charge in [0.2, 0.25) is 0 Å². The van der Waals surface area contributed by atoms with Crippen LogP contribution in [0.4, 0.5) is 0 Å². The predicted molar refractivity (Wildman–Crippen MR) is 85.2 cm³/mol. The van der Waals surface area contributed by atoms with Crippen LogP contribution in [-0.4, -0.2) is 48.6 Å². The van der Waals surface area contributed by atoms with E-state index in [4.69, 9.17) is 4.74 Å². The summed E-state index contributed by atoms with van der Waals surface area (Å²) in [6.45, 7) is 7.13. The van der Waals surface area contributed by atoms with Gasteiger partial charge in [-0.1, -0.05) is 6.07 Å². The molecule has 0 N–H and O–H groups in total. The summed E-state index contributed by atoms with van der Waals surface area (Å²) in [7, 11) is 1.71. The third-order valence-corrected chi connectivity index (χ3v) is 5.29. The largest absolute Gasteiger partial charge is 0.496 e. The minimum atomic E-state index is 0.644. The highest BCUT2D eigenvalue weighted by atomic mass is 79.9. The highest BCUT2D eigenvalue weighted by molar-refractivity contribution is 9.10. The lowest BCUT2D eigenvalue weighted by Gasteiger charge is -2.42. The first-order valence-corrected chi connectivity index (χ1v) is 8.27. The molecule has 0 radical (unpaired) electrons. The fourth-order valence-corrected chi connectivity index (χ4v) is 4.10. The zero-order valence-corrected chi connectivity index (χ0v) is 13.9. The van der Waals surface area contributed by atoms with Crippen molar-refractivity contribution in [3.05, 3.63) is 28.2 Å². The zero-order valence-electron chi connectivity index (χ0n) is 12.3. The number of benzene rings is 1. The van der Waals surface area contributed by atoms with E-state index in [0.29, 0.717) is 6.04 Å². The third-order valence-electron chi connectivity index (χ3n) is 4.67. The highest BCUT2D eigenvalue weighted by Crippen LogP contribution is 2.29. The maximum Gasteiger partial charge on any atom is 0.133 e. The van der Waals surface area contributed by atoms with Crippen molar-refractivity contribution in [1.82, 2.24) is 9.80 Å². The van der Waals surface area contributed by atoms with Gasteiger partial charge in [-0.3, -0.25) is 9.80 Å². The second-order valence-corrected chi connectivity index (χ2v) is 6.89. The van der Waals surface area contributed by atoms with Gasteiger partial charge in [0.15, 0.2) is 0 Å². The van der Waals surface area contributed by atoms with Crippen LogP contribution in [0.2, 0.25) is 0 Å². The van der Waals surface area contributed by atoms with Gasteiger partial charge < -0.3 is 4.74 Å². The SMILES string of the molecule is COc1ccc(CN2CC3CCCN3C[C@@H]2C)cc1Br. The average Bonchev–Trinajstić information content (AvgIpc) is 2.86. The van der Waals surface area contributed by atoms with Crippen molar-refractivity contribution in [3.8, 4) is 5.75 Å². The fourth-order valence-electron chi connectivity index (χ4n) is 3.51. The van der Waals surface area contributed by atoms with Gasteiger partial charge in [-0.2, -0.15) is 0 Å². The Kier molecular flexibility index (Phi) is 4.34. The average molecular weight is 339 g/mol. The molecule has 2 aliphatic heterocycles. The molecule has 0 bridgehead atoms. The highest BCUT2D eigenvalue weighted by Gasteiger charge is 2.34. The second-order valence-electron chi connectivity index (χ2n) is 6.04. The number of rotatable bonds is 3. The molecule has 110 valence electrons. The van der Waals surface area contributed by atoms with Crippen molar-refractivity contribution in [2.24, 2.45) is 0 Å². The van der Waals surface area contributed by atoms with Crippen LogP contribution in [0.25, 0.3) is 0 Å². The van der Waals surface area contributed by atoms with Crippen LogP contribution >= 0.6 is 15.9 Å². The van der Waals surface area contributed by atoms with E-state index < -0.39 is 0 Å². The fraction of sp³-hybridized carbons (Fsp3) is 0.625. The Morgan fingerprint density at radius 1 is 1.35 bits per heavy atom. The molecule has 2 heterocycles. The van der Waals surface area contributed by atoms with Gasteiger partial charge in [-0.25, -0.2) is 0 Å². The van der Waals surface area contributed by atoms with Gasteiger partial charge in [0.1, 0.15) is 5.75 Å². The molecule has 20 heavy (non-hydrogen) atoms. The van der Waals surface area contributed by atoms with Crippen LogP contribution in [-0.2, 0) is 6.54 Å². The van der Waals surface area contributed by atoms with E-state index in [0.717, 1.165) is 22.8 Å². The van der Waals surface area contributed by atoms with E-state index in [-0.39, 0.29) is 0 Å². The Morgan fingerprint density at radius 3 is 2.95 bits per heavy atom. The molecule has 2 atom stereocenters. The quantitative estimate of drug-likeness (QED) is 0.842. The van der Waals surface area contributed by atoms with Crippen LogP contribution in [0, 0.1) is 0 Å². The molecule has 2 saturated heterocycles. The molecule has 0 amide bonds. The summed E-state index contributed by atoms with van der Waals surface area (Å²) in [5, 5.41) is 0. The van der Waals surface area contributed by atoms with Crippen molar-refractivity contribution < 1.29 is 4.74 Å². The number of piperazine rings is 1. The van der Waals surface area contributed by atoms with E-state index in [9.17, 15) is 0 Å². The summed E-state index contributed by atoms with van der Waals surface area (Å²) in [4.78, 5) is 5.30. The summed E-state index contributed by atoms with van der Waals surface area (Å²) >= 11 is 3.58. The molecule has 0 aliphatic carbocycles. The van der Waals surface area contributed by atoms with Crippen molar-refractivity contribution in [2.45, 2.75) is 38.4 Å². The Labute approximate surface area is 130 Å². The van der Waals surface area contributed by atoms with Crippen LogP contribution in [0.5, 0.6) is 5.75 Å². The Morgan fingerprint density at radius 2 is 2.20 bits per heavy atom. The molecule has 0 saturated carbocycles.